The first-order valence-corrected chi connectivity index (χ1v) is 10.5. The van der Waals surface area contributed by atoms with Gasteiger partial charge in [-0.15, -0.1) is 0 Å². The van der Waals surface area contributed by atoms with Gasteiger partial charge in [0.1, 0.15) is 12.4 Å². The Balaban J connectivity index is 1.32. The van der Waals surface area contributed by atoms with Crippen molar-refractivity contribution in [2.75, 3.05) is 0 Å². The minimum atomic E-state index is -0.514. The van der Waals surface area contributed by atoms with E-state index in [0.29, 0.717) is 5.75 Å². The second kappa shape index (κ2) is 8.99. The van der Waals surface area contributed by atoms with Crippen molar-refractivity contribution in [1.29, 1.82) is 0 Å². The zero-order valence-electron chi connectivity index (χ0n) is 17.9. The van der Waals surface area contributed by atoms with E-state index in [0.717, 1.165) is 27.5 Å². The highest BCUT2D eigenvalue weighted by Gasteiger charge is 2.24. The SMILES string of the molecule is O=C1OC(c2ccc3ccccc3c2)=N/C1=C\c1cccc(OCc2ccc([N+](=O)[O-])cc2)c1. The average molecular weight is 450 g/mol. The summed E-state index contributed by atoms with van der Waals surface area (Å²) in [6, 6.07) is 27.1. The average Bonchev–Trinajstić information content (AvgIpc) is 3.23. The Bertz CT molecular complexity index is 1470. The Kier molecular flexibility index (Phi) is 5.58. The molecule has 5 rings (SSSR count). The van der Waals surface area contributed by atoms with Gasteiger partial charge in [-0.3, -0.25) is 10.1 Å². The lowest BCUT2D eigenvalue weighted by Crippen LogP contribution is -2.05. The zero-order valence-corrected chi connectivity index (χ0v) is 17.9. The third-order valence-corrected chi connectivity index (χ3v) is 5.33. The van der Waals surface area contributed by atoms with Crippen LogP contribution in [0.2, 0.25) is 0 Å². The second-order valence-electron chi connectivity index (χ2n) is 7.68. The number of non-ortho nitro benzene ring substituents is 1. The van der Waals surface area contributed by atoms with Crippen LogP contribution in [-0.4, -0.2) is 16.8 Å². The van der Waals surface area contributed by atoms with Gasteiger partial charge in [-0.05, 0) is 64.4 Å². The third-order valence-electron chi connectivity index (χ3n) is 5.33. The Hall–Kier alpha value is -4.78. The van der Waals surface area contributed by atoms with Crippen LogP contribution in [0.5, 0.6) is 5.75 Å². The normalized spacial score (nSPS) is 14.2. The molecule has 0 bridgehead atoms. The summed E-state index contributed by atoms with van der Waals surface area (Å²) in [6.45, 7) is 0.254. The first kappa shape index (κ1) is 21.1. The number of benzene rings is 4. The summed E-state index contributed by atoms with van der Waals surface area (Å²) in [5.74, 6) is 0.353. The van der Waals surface area contributed by atoms with Crippen LogP contribution in [0, 0.1) is 10.1 Å². The molecular formula is C27H18N2O5. The molecule has 0 atom stereocenters. The Labute approximate surface area is 194 Å². The number of aliphatic imine (C=N–C) groups is 1. The van der Waals surface area contributed by atoms with Gasteiger partial charge in [0.05, 0.1) is 4.92 Å². The van der Waals surface area contributed by atoms with Crippen molar-refractivity contribution in [1.82, 2.24) is 0 Å². The van der Waals surface area contributed by atoms with Gasteiger partial charge in [0, 0.05) is 17.7 Å². The van der Waals surface area contributed by atoms with Crippen LogP contribution in [0.1, 0.15) is 16.7 Å². The number of esters is 1. The first-order chi connectivity index (χ1) is 16.5. The summed E-state index contributed by atoms with van der Waals surface area (Å²) in [5, 5.41) is 12.9. The topological polar surface area (TPSA) is 91.0 Å². The number of carbonyl (C=O) groups is 1. The number of ether oxygens (including phenoxy) is 2. The lowest BCUT2D eigenvalue weighted by molar-refractivity contribution is -0.384. The molecule has 0 N–H and O–H groups in total. The summed E-state index contributed by atoms with van der Waals surface area (Å²) in [7, 11) is 0. The van der Waals surface area contributed by atoms with Gasteiger partial charge in [0.2, 0.25) is 5.90 Å². The molecule has 34 heavy (non-hydrogen) atoms. The molecule has 0 fully saturated rings. The molecular weight excluding hydrogens is 432 g/mol. The number of nitro groups is 1. The molecule has 1 aliphatic heterocycles. The van der Waals surface area contributed by atoms with Crippen molar-refractivity contribution in [3.8, 4) is 5.75 Å². The maximum atomic E-state index is 12.4. The molecule has 1 heterocycles. The molecule has 4 aromatic rings. The largest absolute Gasteiger partial charge is 0.489 e. The lowest BCUT2D eigenvalue weighted by Gasteiger charge is -2.07. The van der Waals surface area contributed by atoms with Gasteiger partial charge in [-0.1, -0.05) is 42.5 Å². The highest BCUT2D eigenvalue weighted by molar-refractivity contribution is 6.13. The Morgan fingerprint density at radius 3 is 2.50 bits per heavy atom. The number of hydrogen-bond donors (Lipinski definition) is 0. The number of nitro benzene ring substituents is 1. The quantitative estimate of drug-likeness (QED) is 0.163. The molecule has 0 aliphatic carbocycles. The van der Waals surface area contributed by atoms with Gasteiger partial charge >= 0.3 is 5.97 Å². The molecule has 0 radical (unpaired) electrons. The van der Waals surface area contributed by atoms with Crippen molar-refractivity contribution >= 4 is 34.4 Å². The monoisotopic (exact) mass is 450 g/mol. The third kappa shape index (κ3) is 4.54. The Morgan fingerprint density at radius 1 is 0.912 bits per heavy atom. The fourth-order valence-electron chi connectivity index (χ4n) is 3.59. The number of carbonyl (C=O) groups excluding carboxylic acids is 1. The molecule has 7 nitrogen and oxygen atoms in total. The van der Waals surface area contributed by atoms with Gasteiger partial charge in [0.15, 0.2) is 5.70 Å². The molecule has 166 valence electrons. The molecule has 1 aliphatic rings. The Morgan fingerprint density at radius 2 is 1.71 bits per heavy atom. The fraction of sp³-hybridized carbons (Fsp3) is 0.0370. The number of cyclic esters (lactones) is 1. The highest BCUT2D eigenvalue weighted by Crippen LogP contribution is 2.24. The van der Waals surface area contributed by atoms with E-state index in [-0.39, 0.29) is 23.9 Å². The molecule has 4 aromatic carbocycles. The van der Waals surface area contributed by atoms with E-state index in [1.807, 2.05) is 54.6 Å². The predicted octanol–water partition coefficient (Wildman–Crippen LogP) is 5.67. The summed E-state index contributed by atoms with van der Waals surface area (Å²) in [6.07, 6.45) is 1.65. The van der Waals surface area contributed by atoms with Gasteiger partial charge < -0.3 is 9.47 Å². The van der Waals surface area contributed by atoms with Crippen LogP contribution in [0.25, 0.3) is 16.8 Å². The van der Waals surface area contributed by atoms with Crippen molar-refractivity contribution in [2.45, 2.75) is 6.61 Å². The number of hydrogen-bond acceptors (Lipinski definition) is 6. The number of fused-ring (bicyclic) bond motifs is 1. The fourth-order valence-corrected chi connectivity index (χ4v) is 3.59. The molecule has 7 heteroatoms. The van der Waals surface area contributed by atoms with Gasteiger partial charge in [-0.25, -0.2) is 9.79 Å². The highest BCUT2D eigenvalue weighted by atomic mass is 16.6. The van der Waals surface area contributed by atoms with Crippen molar-refractivity contribution in [2.24, 2.45) is 4.99 Å². The van der Waals surface area contributed by atoms with Crippen LogP contribution in [-0.2, 0) is 16.1 Å². The van der Waals surface area contributed by atoms with Crippen LogP contribution in [0.15, 0.2) is 102 Å². The lowest BCUT2D eigenvalue weighted by atomic mass is 10.1. The zero-order chi connectivity index (χ0) is 23.5. The van der Waals surface area contributed by atoms with Crippen LogP contribution in [0.3, 0.4) is 0 Å². The predicted molar refractivity (Wildman–Crippen MR) is 128 cm³/mol. The van der Waals surface area contributed by atoms with E-state index in [2.05, 4.69) is 4.99 Å². The minimum absolute atomic E-state index is 0.0319. The van der Waals surface area contributed by atoms with Crippen LogP contribution in [0.4, 0.5) is 5.69 Å². The van der Waals surface area contributed by atoms with E-state index in [9.17, 15) is 14.9 Å². The smallest absolute Gasteiger partial charge is 0.363 e. The van der Waals surface area contributed by atoms with E-state index < -0.39 is 10.9 Å². The molecule has 0 amide bonds. The van der Waals surface area contributed by atoms with Crippen molar-refractivity contribution in [3.05, 3.63) is 123 Å². The minimum Gasteiger partial charge on any atom is -0.489 e. The standard InChI is InChI=1S/C27H18N2O5/c30-27-25(28-26(34-27)22-11-10-20-5-1-2-6-21(20)16-22)15-19-4-3-7-24(14-19)33-17-18-8-12-23(13-9-18)29(31)32/h1-16H,17H2/b25-15-. The van der Waals surface area contributed by atoms with E-state index in [1.165, 1.54) is 12.1 Å². The van der Waals surface area contributed by atoms with Gasteiger partial charge in [0.25, 0.3) is 5.69 Å². The second-order valence-corrected chi connectivity index (χ2v) is 7.68. The molecule has 0 spiro atoms. The summed E-state index contributed by atoms with van der Waals surface area (Å²) in [4.78, 5) is 27.1. The van der Waals surface area contributed by atoms with E-state index >= 15 is 0 Å². The molecule has 0 unspecified atom stereocenters. The van der Waals surface area contributed by atoms with Crippen LogP contribution >= 0.6 is 0 Å². The van der Waals surface area contributed by atoms with Crippen molar-refractivity contribution < 1.29 is 19.2 Å². The number of rotatable bonds is 6. The maximum Gasteiger partial charge on any atom is 0.363 e. The number of nitrogens with zero attached hydrogens (tertiary/aromatic N) is 2. The summed E-state index contributed by atoms with van der Waals surface area (Å²) in [5.41, 5.74) is 2.51. The molecule has 0 aromatic heterocycles. The van der Waals surface area contributed by atoms with E-state index in [4.69, 9.17) is 9.47 Å². The van der Waals surface area contributed by atoms with E-state index in [1.54, 1.807) is 30.3 Å². The molecule has 0 saturated carbocycles. The van der Waals surface area contributed by atoms with Crippen LogP contribution < -0.4 is 4.74 Å². The molecule has 0 saturated heterocycles. The summed E-state index contributed by atoms with van der Waals surface area (Å²) >= 11 is 0. The van der Waals surface area contributed by atoms with Gasteiger partial charge in [-0.2, -0.15) is 0 Å². The first-order valence-electron chi connectivity index (χ1n) is 10.5. The van der Waals surface area contributed by atoms with Crippen molar-refractivity contribution in [3.63, 3.8) is 0 Å². The summed E-state index contributed by atoms with van der Waals surface area (Å²) < 4.78 is 11.2. The maximum absolute atomic E-state index is 12.4.